The molecule has 1 atom stereocenters. The van der Waals surface area contributed by atoms with E-state index in [1.165, 1.54) is 12.1 Å². The molecular formula is C25H34FN3O. The van der Waals surface area contributed by atoms with Crippen LogP contribution in [0.3, 0.4) is 0 Å². The van der Waals surface area contributed by atoms with Crippen LogP contribution in [0.1, 0.15) is 77.8 Å². The molecule has 1 aliphatic heterocycles. The van der Waals surface area contributed by atoms with Gasteiger partial charge in [0, 0.05) is 23.2 Å². The predicted octanol–water partition coefficient (Wildman–Crippen LogP) is 5.68. The summed E-state index contributed by atoms with van der Waals surface area (Å²) in [6.07, 6.45) is 5.82. The molecule has 1 aromatic carbocycles. The van der Waals surface area contributed by atoms with Crippen molar-refractivity contribution in [3.8, 4) is 0 Å². The number of piperidine rings is 1. The maximum absolute atomic E-state index is 13.9. The lowest BCUT2D eigenvalue weighted by Crippen LogP contribution is -2.40. The average molecular weight is 412 g/mol. The van der Waals surface area contributed by atoms with Gasteiger partial charge in [0.1, 0.15) is 11.6 Å². The molecule has 4 nitrogen and oxygen atoms in total. The van der Waals surface area contributed by atoms with Gasteiger partial charge in [0.05, 0.1) is 6.04 Å². The van der Waals surface area contributed by atoms with Gasteiger partial charge in [0.25, 0.3) is 5.91 Å². The predicted molar refractivity (Wildman–Crippen MR) is 121 cm³/mol. The van der Waals surface area contributed by atoms with Crippen molar-refractivity contribution in [2.24, 2.45) is 4.99 Å². The Bertz CT molecular complexity index is 861. The van der Waals surface area contributed by atoms with Gasteiger partial charge < -0.3 is 10.2 Å². The number of aliphatic imine (C=N–C) groups is 1. The van der Waals surface area contributed by atoms with Crippen molar-refractivity contribution >= 4 is 12.6 Å². The minimum Gasteiger partial charge on any atom is -0.365 e. The number of carbonyl (C=O) groups excluding carboxylic acids is 1. The number of allylic oxidation sites excluding steroid dienone is 1. The maximum Gasteiger partial charge on any atom is 0.254 e. The van der Waals surface area contributed by atoms with E-state index in [9.17, 15) is 9.18 Å². The number of nitrogens with one attached hydrogen (secondary N) is 1. The van der Waals surface area contributed by atoms with Gasteiger partial charge in [-0.15, -0.1) is 0 Å². The first-order chi connectivity index (χ1) is 14.3. The highest BCUT2D eigenvalue weighted by Crippen LogP contribution is 2.38. The molecule has 3 rings (SSSR count). The van der Waals surface area contributed by atoms with Gasteiger partial charge in [-0.3, -0.25) is 4.79 Å². The summed E-state index contributed by atoms with van der Waals surface area (Å²) in [5, 5.41) is 3.51. The molecule has 30 heavy (non-hydrogen) atoms. The normalized spacial score (nSPS) is 20.8. The molecule has 1 heterocycles. The highest BCUT2D eigenvalue weighted by Gasteiger charge is 2.39. The van der Waals surface area contributed by atoms with E-state index in [4.69, 9.17) is 0 Å². The third-order valence-corrected chi connectivity index (χ3v) is 6.25. The van der Waals surface area contributed by atoms with Crippen LogP contribution in [0.15, 0.2) is 51.8 Å². The van der Waals surface area contributed by atoms with Crippen molar-refractivity contribution in [3.63, 3.8) is 0 Å². The largest absolute Gasteiger partial charge is 0.365 e. The number of hydrogen-bond acceptors (Lipinski definition) is 3. The van der Waals surface area contributed by atoms with Crippen LogP contribution < -0.4 is 5.32 Å². The molecule has 1 aromatic rings. The summed E-state index contributed by atoms with van der Waals surface area (Å²) >= 11 is 0. The Morgan fingerprint density at radius 3 is 2.47 bits per heavy atom. The number of carbonyl (C=O) groups is 1. The molecule has 1 amide bonds. The molecule has 1 saturated heterocycles. The van der Waals surface area contributed by atoms with E-state index in [2.05, 4.69) is 30.9 Å². The SMILES string of the molecule is C=N/C(NC1(C)CC1)=C(\CC)C(C(=O)N1CCCCC1c1ccc(F)cc1)=C(C)C. The van der Waals surface area contributed by atoms with E-state index in [1.807, 2.05) is 18.7 Å². The zero-order valence-corrected chi connectivity index (χ0v) is 18.7. The van der Waals surface area contributed by atoms with Gasteiger partial charge in [0.15, 0.2) is 0 Å². The second-order valence-corrected chi connectivity index (χ2v) is 8.96. The van der Waals surface area contributed by atoms with E-state index >= 15 is 0 Å². The second kappa shape index (κ2) is 9.15. The van der Waals surface area contributed by atoms with Crippen molar-refractivity contribution < 1.29 is 9.18 Å². The number of hydrogen-bond donors (Lipinski definition) is 1. The lowest BCUT2D eigenvalue weighted by atomic mass is 9.91. The van der Waals surface area contributed by atoms with Crippen LogP contribution in [0.2, 0.25) is 0 Å². The number of benzene rings is 1. The zero-order chi connectivity index (χ0) is 21.9. The lowest BCUT2D eigenvalue weighted by molar-refractivity contribution is -0.130. The van der Waals surface area contributed by atoms with Crippen LogP contribution in [-0.4, -0.2) is 29.6 Å². The van der Waals surface area contributed by atoms with Crippen molar-refractivity contribution in [2.75, 3.05) is 6.54 Å². The fourth-order valence-corrected chi connectivity index (χ4v) is 4.27. The quantitative estimate of drug-likeness (QED) is 0.356. The van der Waals surface area contributed by atoms with Crippen molar-refractivity contribution in [2.45, 2.75) is 77.8 Å². The lowest BCUT2D eigenvalue weighted by Gasteiger charge is -2.37. The van der Waals surface area contributed by atoms with E-state index in [-0.39, 0.29) is 23.3 Å². The summed E-state index contributed by atoms with van der Waals surface area (Å²) in [6, 6.07) is 6.53. The van der Waals surface area contributed by atoms with E-state index in [1.54, 1.807) is 12.1 Å². The van der Waals surface area contributed by atoms with Gasteiger partial charge in [-0.1, -0.05) is 24.6 Å². The van der Waals surface area contributed by atoms with Crippen LogP contribution in [0, 0.1) is 5.82 Å². The van der Waals surface area contributed by atoms with Gasteiger partial charge >= 0.3 is 0 Å². The van der Waals surface area contributed by atoms with Crippen LogP contribution in [0.5, 0.6) is 0 Å². The fourth-order valence-electron chi connectivity index (χ4n) is 4.27. The van der Waals surface area contributed by atoms with Crippen LogP contribution in [0.4, 0.5) is 4.39 Å². The fraction of sp³-hybridized carbons (Fsp3) is 0.520. The first-order valence-electron chi connectivity index (χ1n) is 11.0. The van der Waals surface area contributed by atoms with Gasteiger partial charge in [0.2, 0.25) is 0 Å². The van der Waals surface area contributed by atoms with Gasteiger partial charge in [-0.25, -0.2) is 9.38 Å². The Balaban J connectivity index is 1.98. The van der Waals surface area contributed by atoms with E-state index in [0.29, 0.717) is 13.0 Å². The highest BCUT2D eigenvalue weighted by atomic mass is 19.1. The maximum atomic E-state index is 13.9. The molecule has 1 aliphatic carbocycles. The van der Waals surface area contributed by atoms with Crippen LogP contribution in [-0.2, 0) is 4.79 Å². The van der Waals surface area contributed by atoms with Crippen molar-refractivity contribution in [1.82, 2.24) is 10.2 Å². The van der Waals surface area contributed by atoms with Crippen molar-refractivity contribution in [3.05, 3.63) is 58.2 Å². The van der Waals surface area contributed by atoms with Crippen LogP contribution in [0.25, 0.3) is 0 Å². The van der Waals surface area contributed by atoms with E-state index in [0.717, 1.165) is 60.2 Å². The summed E-state index contributed by atoms with van der Waals surface area (Å²) in [5.74, 6) is 0.497. The average Bonchev–Trinajstić information content (AvgIpc) is 3.47. The van der Waals surface area contributed by atoms with Crippen LogP contribution >= 0.6 is 0 Å². The summed E-state index contributed by atoms with van der Waals surface area (Å²) in [5.41, 5.74) is 3.67. The molecule has 162 valence electrons. The van der Waals surface area contributed by atoms with Crippen molar-refractivity contribution in [1.29, 1.82) is 0 Å². The summed E-state index contributed by atoms with van der Waals surface area (Å²) in [6.45, 7) is 12.7. The topological polar surface area (TPSA) is 44.7 Å². The second-order valence-electron chi connectivity index (χ2n) is 8.96. The molecule has 1 N–H and O–H groups in total. The molecule has 0 spiro atoms. The van der Waals surface area contributed by atoms with E-state index < -0.39 is 0 Å². The third-order valence-electron chi connectivity index (χ3n) is 6.25. The summed E-state index contributed by atoms with van der Waals surface area (Å²) < 4.78 is 13.4. The minimum absolute atomic E-state index is 0.0322. The number of likely N-dealkylation sites (tertiary alicyclic amines) is 1. The Morgan fingerprint density at radius 2 is 1.93 bits per heavy atom. The summed E-state index contributed by atoms with van der Waals surface area (Å²) in [4.78, 5) is 20.1. The molecule has 5 heteroatoms. The standard InChI is InChI=1S/C25H34FN3O/c1-6-20(23(27-5)28-25(4)14-15-25)22(17(2)3)24(30)29-16-8-7-9-21(29)18-10-12-19(26)13-11-18/h10-13,21,28H,5-9,14-16H2,1-4H3/b23-20-. The zero-order valence-electron chi connectivity index (χ0n) is 18.7. The summed E-state index contributed by atoms with van der Waals surface area (Å²) in [7, 11) is 0. The number of amides is 1. The molecule has 2 fully saturated rings. The molecular weight excluding hydrogens is 377 g/mol. The monoisotopic (exact) mass is 411 g/mol. The highest BCUT2D eigenvalue weighted by molar-refractivity contribution is 5.99. The Hall–Kier alpha value is -2.43. The first-order valence-corrected chi connectivity index (χ1v) is 11.0. The molecule has 1 saturated carbocycles. The number of rotatable bonds is 7. The third kappa shape index (κ3) is 4.82. The number of nitrogens with zero attached hydrogens (tertiary/aromatic N) is 2. The Morgan fingerprint density at radius 1 is 1.27 bits per heavy atom. The smallest absolute Gasteiger partial charge is 0.254 e. The van der Waals surface area contributed by atoms with Gasteiger partial charge in [-0.2, -0.15) is 0 Å². The molecule has 0 aromatic heterocycles. The van der Waals surface area contributed by atoms with Gasteiger partial charge in [-0.05, 0) is 83.7 Å². The first kappa shape index (κ1) is 22.3. The molecule has 0 bridgehead atoms. The Labute approximate surface area is 180 Å². The number of halogens is 1. The minimum atomic E-state index is -0.255. The molecule has 1 unspecified atom stereocenters. The molecule has 2 aliphatic rings. The Kier molecular flexibility index (Phi) is 6.79. The molecule has 0 radical (unpaired) electrons.